The van der Waals surface area contributed by atoms with E-state index in [9.17, 15) is 9.18 Å². The topological polar surface area (TPSA) is 45.2 Å². The van der Waals surface area contributed by atoms with E-state index in [0.29, 0.717) is 12.5 Å². The number of carbonyl (C=O) groups is 1. The third kappa shape index (κ3) is 2.93. The van der Waals surface area contributed by atoms with Crippen molar-refractivity contribution in [3.05, 3.63) is 60.2 Å². The molecule has 0 radical (unpaired) electrons. The van der Waals surface area contributed by atoms with Crippen molar-refractivity contribution >= 4 is 11.7 Å². The summed E-state index contributed by atoms with van der Waals surface area (Å²) in [4.78, 5) is 17.8. The molecule has 0 spiro atoms. The van der Waals surface area contributed by atoms with E-state index in [1.165, 1.54) is 17.8 Å². The van der Waals surface area contributed by atoms with Crippen LogP contribution >= 0.6 is 0 Å². The second-order valence-electron chi connectivity index (χ2n) is 5.63. The highest BCUT2D eigenvalue weighted by atomic mass is 19.1. The van der Waals surface area contributed by atoms with E-state index in [1.54, 1.807) is 4.90 Å². The summed E-state index contributed by atoms with van der Waals surface area (Å²) in [5.74, 6) is -0.202. The number of amides is 2. The molecule has 1 aliphatic rings. The molecule has 1 aromatic carbocycles. The molecule has 114 valence electrons. The Kier molecular flexibility index (Phi) is 4.04. The minimum Gasteiger partial charge on any atom is -0.321 e. The molecule has 22 heavy (non-hydrogen) atoms. The second kappa shape index (κ2) is 6.13. The van der Waals surface area contributed by atoms with Crippen molar-refractivity contribution in [1.29, 1.82) is 0 Å². The van der Waals surface area contributed by atoms with Crippen molar-refractivity contribution in [1.82, 2.24) is 9.88 Å². The average Bonchev–Trinajstić information content (AvgIpc) is 2.92. The van der Waals surface area contributed by atoms with Gasteiger partial charge in [-0.15, -0.1) is 0 Å². The number of aromatic nitrogens is 1. The first kappa shape index (κ1) is 14.5. The quantitative estimate of drug-likeness (QED) is 0.920. The summed E-state index contributed by atoms with van der Waals surface area (Å²) >= 11 is 0. The smallest absolute Gasteiger partial charge is 0.321 e. The van der Waals surface area contributed by atoms with E-state index in [0.717, 1.165) is 12.6 Å². The van der Waals surface area contributed by atoms with Gasteiger partial charge in [0.2, 0.25) is 0 Å². The number of hydrogen-bond donors (Lipinski definition) is 1. The molecule has 1 N–H and O–H groups in total. The number of carbonyl (C=O) groups excluding carboxylic acids is 1. The van der Waals surface area contributed by atoms with Crippen LogP contribution in [-0.2, 0) is 0 Å². The maximum Gasteiger partial charge on any atom is 0.322 e. The van der Waals surface area contributed by atoms with Gasteiger partial charge >= 0.3 is 6.03 Å². The van der Waals surface area contributed by atoms with Gasteiger partial charge in [-0.05, 0) is 25.0 Å². The molecular weight excluding hydrogens is 281 g/mol. The van der Waals surface area contributed by atoms with Gasteiger partial charge in [0.15, 0.2) is 5.82 Å². The van der Waals surface area contributed by atoms with Crippen LogP contribution in [0.3, 0.4) is 0 Å². The number of benzene rings is 1. The molecule has 1 saturated heterocycles. The van der Waals surface area contributed by atoms with Crippen LogP contribution in [0, 0.1) is 5.82 Å². The number of nitrogens with zero attached hydrogens (tertiary/aromatic N) is 2. The highest BCUT2D eigenvalue weighted by Crippen LogP contribution is 2.31. The number of nitrogens with one attached hydrogen (secondary N) is 1. The fraction of sp³-hybridized carbons (Fsp3) is 0.294. The van der Waals surface area contributed by atoms with E-state index < -0.39 is 5.82 Å². The number of rotatable bonds is 2. The molecule has 2 aromatic rings. The third-order valence-electron chi connectivity index (χ3n) is 4.12. The van der Waals surface area contributed by atoms with Crippen LogP contribution in [0.1, 0.15) is 24.8 Å². The number of likely N-dealkylation sites (tertiary alicyclic amines) is 1. The maximum atomic E-state index is 13.6. The minimum atomic E-state index is -0.526. The van der Waals surface area contributed by atoms with Gasteiger partial charge in [-0.2, -0.15) is 0 Å². The summed E-state index contributed by atoms with van der Waals surface area (Å²) in [7, 11) is 0. The Morgan fingerprint density at radius 1 is 1.32 bits per heavy atom. The lowest BCUT2D eigenvalue weighted by Gasteiger charge is -2.22. The summed E-state index contributed by atoms with van der Waals surface area (Å²) < 4.78 is 13.6. The van der Waals surface area contributed by atoms with Crippen LogP contribution < -0.4 is 5.32 Å². The first-order valence-corrected chi connectivity index (χ1v) is 7.37. The summed E-state index contributed by atoms with van der Waals surface area (Å²) in [5.41, 5.74) is 1.40. The van der Waals surface area contributed by atoms with Gasteiger partial charge in [0.25, 0.3) is 0 Å². The van der Waals surface area contributed by atoms with Crippen LogP contribution in [0.4, 0.5) is 14.9 Å². The van der Waals surface area contributed by atoms with Crippen LogP contribution in [0.2, 0.25) is 0 Å². The molecule has 0 unspecified atom stereocenters. The Morgan fingerprint density at radius 2 is 2.09 bits per heavy atom. The molecule has 0 saturated carbocycles. The summed E-state index contributed by atoms with van der Waals surface area (Å²) in [6.07, 6.45) is 3.46. The summed E-state index contributed by atoms with van der Waals surface area (Å²) in [5, 5.41) is 2.63. The lowest BCUT2D eigenvalue weighted by Crippen LogP contribution is -2.37. The Morgan fingerprint density at radius 3 is 2.82 bits per heavy atom. The SMILES string of the molecule is C[C@H]1C[C@H](c2ccccc2)CN1C(=O)Nc1ccncc1F. The van der Waals surface area contributed by atoms with Gasteiger partial charge in [0.05, 0.1) is 11.9 Å². The molecular formula is C17H18FN3O. The van der Waals surface area contributed by atoms with Gasteiger partial charge in [0.1, 0.15) is 0 Å². The van der Waals surface area contributed by atoms with E-state index in [2.05, 4.69) is 22.4 Å². The van der Waals surface area contributed by atoms with Gasteiger partial charge in [-0.25, -0.2) is 9.18 Å². The van der Waals surface area contributed by atoms with Crippen LogP contribution in [-0.4, -0.2) is 28.5 Å². The normalized spacial score (nSPS) is 20.9. The zero-order chi connectivity index (χ0) is 15.5. The standard InChI is InChI=1S/C17H18FN3O/c1-12-9-14(13-5-3-2-4-6-13)11-21(12)17(22)20-16-7-8-19-10-15(16)18/h2-8,10,12,14H,9,11H2,1H3,(H,19,20,22)/t12-,14-/m0/s1. The van der Waals surface area contributed by atoms with Gasteiger partial charge in [-0.3, -0.25) is 4.98 Å². The largest absolute Gasteiger partial charge is 0.322 e. The zero-order valence-corrected chi connectivity index (χ0v) is 12.4. The molecule has 1 aliphatic heterocycles. The second-order valence-corrected chi connectivity index (χ2v) is 5.63. The number of pyridine rings is 1. The van der Waals surface area contributed by atoms with Gasteiger partial charge < -0.3 is 10.2 Å². The highest BCUT2D eigenvalue weighted by Gasteiger charge is 2.33. The van der Waals surface area contributed by atoms with Crippen LogP contribution in [0.15, 0.2) is 48.8 Å². The predicted octanol–water partition coefficient (Wildman–Crippen LogP) is 3.63. The lowest BCUT2D eigenvalue weighted by molar-refractivity contribution is 0.209. The molecule has 3 rings (SSSR count). The van der Waals surface area contributed by atoms with E-state index in [4.69, 9.17) is 0 Å². The van der Waals surface area contributed by atoms with Crippen molar-refractivity contribution < 1.29 is 9.18 Å². The first-order chi connectivity index (χ1) is 10.6. The summed E-state index contributed by atoms with van der Waals surface area (Å²) in [6, 6.07) is 11.5. The van der Waals surface area contributed by atoms with E-state index in [1.807, 2.05) is 25.1 Å². The molecule has 0 aliphatic carbocycles. The van der Waals surface area contributed by atoms with Crippen LogP contribution in [0.25, 0.3) is 0 Å². The molecule has 2 amide bonds. The predicted molar refractivity (Wildman–Crippen MR) is 83.2 cm³/mol. The molecule has 2 atom stereocenters. The first-order valence-electron chi connectivity index (χ1n) is 7.37. The summed E-state index contributed by atoms with van der Waals surface area (Å²) in [6.45, 7) is 2.66. The maximum absolute atomic E-state index is 13.6. The Hall–Kier alpha value is -2.43. The van der Waals surface area contributed by atoms with Crippen molar-refractivity contribution in [3.8, 4) is 0 Å². The molecule has 5 heteroatoms. The van der Waals surface area contributed by atoms with Crippen molar-refractivity contribution in [2.75, 3.05) is 11.9 Å². The Balaban J connectivity index is 1.70. The average molecular weight is 299 g/mol. The number of anilines is 1. The Bertz CT molecular complexity index is 662. The molecule has 4 nitrogen and oxygen atoms in total. The lowest BCUT2D eigenvalue weighted by atomic mass is 9.97. The molecule has 1 fully saturated rings. The fourth-order valence-electron chi connectivity index (χ4n) is 2.94. The van der Waals surface area contributed by atoms with Gasteiger partial charge in [0, 0.05) is 24.7 Å². The number of hydrogen-bond acceptors (Lipinski definition) is 2. The zero-order valence-electron chi connectivity index (χ0n) is 12.4. The highest BCUT2D eigenvalue weighted by molar-refractivity contribution is 5.89. The molecule has 0 bridgehead atoms. The van der Waals surface area contributed by atoms with Crippen molar-refractivity contribution in [3.63, 3.8) is 0 Å². The van der Waals surface area contributed by atoms with Crippen molar-refractivity contribution in [2.24, 2.45) is 0 Å². The van der Waals surface area contributed by atoms with Crippen LogP contribution in [0.5, 0.6) is 0 Å². The Labute approximate surface area is 129 Å². The molecule has 2 heterocycles. The third-order valence-corrected chi connectivity index (χ3v) is 4.12. The van der Waals surface area contributed by atoms with E-state index in [-0.39, 0.29) is 17.8 Å². The van der Waals surface area contributed by atoms with E-state index >= 15 is 0 Å². The fourth-order valence-corrected chi connectivity index (χ4v) is 2.94. The minimum absolute atomic E-state index is 0.120. The number of urea groups is 1. The van der Waals surface area contributed by atoms with Crippen molar-refractivity contribution in [2.45, 2.75) is 25.3 Å². The monoisotopic (exact) mass is 299 g/mol. The molecule has 1 aromatic heterocycles. The van der Waals surface area contributed by atoms with Gasteiger partial charge in [-0.1, -0.05) is 30.3 Å². The number of halogens is 1.